The molecule has 0 radical (unpaired) electrons. The van der Waals surface area contributed by atoms with E-state index in [9.17, 15) is 14.9 Å². The molecule has 0 heterocycles. The molecule has 0 atom stereocenters. The SMILES string of the molecule is COC(=O)/C(=C/N)[N+](=O)[O-]. The summed E-state index contributed by atoms with van der Waals surface area (Å²) in [6, 6.07) is 0. The predicted molar refractivity (Wildman–Crippen MR) is 31.3 cm³/mol. The molecule has 0 saturated carbocycles. The molecular formula is C4H6N2O4. The van der Waals surface area contributed by atoms with Crippen LogP contribution in [0.5, 0.6) is 0 Å². The van der Waals surface area contributed by atoms with Crippen molar-refractivity contribution in [2.24, 2.45) is 5.73 Å². The van der Waals surface area contributed by atoms with Crippen LogP contribution in [0.2, 0.25) is 0 Å². The number of carbonyl (C=O) groups excluding carboxylic acids is 1. The summed E-state index contributed by atoms with van der Waals surface area (Å²) >= 11 is 0. The zero-order valence-corrected chi connectivity index (χ0v) is 5.23. The number of esters is 1. The number of ether oxygens (including phenoxy) is 1. The van der Waals surface area contributed by atoms with Crippen LogP contribution >= 0.6 is 0 Å². The molecule has 0 saturated heterocycles. The average Bonchev–Trinajstić information content (AvgIpc) is 1.88. The molecule has 6 heteroatoms. The van der Waals surface area contributed by atoms with E-state index < -0.39 is 16.6 Å². The maximum absolute atomic E-state index is 10.4. The first-order valence-electron chi connectivity index (χ1n) is 2.28. The summed E-state index contributed by atoms with van der Waals surface area (Å²) in [7, 11) is 1.04. The Morgan fingerprint density at radius 3 is 2.40 bits per heavy atom. The molecule has 0 aromatic rings. The Kier molecular flexibility index (Phi) is 2.89. The lowest BCUT2D eigenvalue weighted by Crippen LogP contribution is -2.14. The Morgan fingerprint density at radius 2 is 2.30 bits per heavy atom. The van der Waals surface area contributed by atoms with Gasteiger partial charge in [0.25, 0.3) is 0 Å². The van der Waals surface area contributed by atoms with Crippen molar-refractivity contribution in [1.29, 1.82) is 0 Å². The lowest BCUT2D eigenvalue weighted by molar-refractivity contribution is -0.421. The topological polar surface area (TPSA) is 95.5 Å². The van der Waals surface area contributed by atoms with Crippen molar-refractivity contribution in [2.75, 3.05) is 7.11 Å². The lowest BCUT2D eigenvalue weighted by atomic mass is 10.5. The second-order valence-corrected chi connectivity index (χ2v) is 1.30. The highest BCUT2D eigenvalue weighted by molar-refractivity contribution is 5.85. The highest BCUT2D eigenvalue weighted by atomic mass is 16.6. The van der Waals surface area contributed by atoms with Gasteiger partial charge in [-0.05, 0) is 0 Å². The summed E-state index contributed by atoms with van der Waals surface area (Å²) in [5.41, 5.74) is 3.98. The first-order chi connectivity index (χ1) is 4.63. The van der Waals surface area contributed by atoms with Crippen LogP contribution in [-0.2, 0) is 9.53 Å². The molecular weight excluding hydrogens is 140 g/mol. The van der Waals surface area contributed by atoms with Crippen molar-refractivity contribution in [2.45, 2.75) is 0 Å². The van der Waals surface area contributed by atoms with E-state index in [0.717, 1.165) is 7.11 Å². The number of methoxy groups -OCH3 is 1. The first-order valence-corrected chi connectivity index (χ1v) is 2.28. The second-order valence-electron chi connectivity index (χ2n) is 1.30. The highest BCUT2D eigenvalue weighted by Crippen LogP contribution is 1.94. The van der Waals surface area contributed by atoms with Gasteiger partial charge in [-0.3, -0.25) is 10.1 Å². The van der Waals surface area contributed by atoms with Crippen LogP contribution in [-0.4, -0.2) is 18.0 Å². The van der Waals surface area contributed by atoms with E-state index in [-0.39, 0.29) is 0 Å². The van der Waals surface area contributed by atoms with Gasteiger partial charge in [-0.2, -0.15) is 0 Å². The molecule has 0 aliphatic carbocycles. The predicted octanol–water partition coefficient (Wildman–Crippen LogP) is -0.764. The fraction of sp³-hybridized carbons (Fsp3) is 0.250. The van der Waals surface area contributed by atoms with Crippen LogP contribution in [0, 0.1) is 10.1 Å². The average molecular weight is 146 g/mol. The van der Waals surface area contributed by atoms with E-state index >= 15 is 0 Å². The maximum Gasteiger partial charge on any atom is 0.411 e. The van der Waals surface area contributed by atoms with E-state index in [1.807, 2.05) is 0 Å². The van der Waals surface area contributed by atoms with Gasteiger partial charge in [0.15, 0.2) is 0 Å². The van der Waals surface area contributed by atoms with Gasteiger partial charge in [0, 0.05) is 0 Å². The molecule has 0 amide bonds. The first kappa shape index (κ1) is 8.41. The van der Waals surface area contributed by atoms with E-state index in [1.54, 1.807) is 0 Å². The molecule has 56 valence electrons. The number of hydrogen-bond acceptors (Lipinski definition) is 5. The molecule has 0 aromatic heterocycles. The van der Waals surface area contributed by atoms with E-state index in [0.29, 0.717) is 6.20 Å². The summed E-state index contributed by atoms with van der Waals surface area (Å²) in [5, 5.41) is 9.89. The van der Waals surface area contributed by atoms with Gasteiger partial charge in [0.2, 0.25) is 0 Å². The van der Waals surface area contributed by atoms with Crippen molar-refractivity contribution in [3.05, 3.63) is 22.0 Å². The number of nitrogens with two attached hydrogens (primary N) is 1. The van der Waals surface area contributed by atoms with E-state index in [2.05, 4.69) is 4.74 Å². The molecule has 0 spiro atoms. The molecule has 0 fully saturated rings. The molecule has 0 bridgehead atoms. The van der Waals surface area contributed by atoms with Crippen LogP contribution in [0.4, 0.5) is 0 Å². The third-order valence-electron chi connectivity index (χ3n) is 0.749. The minimum absolute atomic E-state index is 0.589. The zero-order valence-electron chi connectivity index (χ0n) is 5.23. The van der Waals surface area contributed by atoms with Gasteiger partial charge < -0.3 is 10.5 Å². The van der Waals surface area contributed by atoms with Gasteiger partial charge in [-0.25, -0.2) is 4.79 Å². The van der Waals surface area contributed by atoms with Gasteiger partial charge in [-0.15, -0.1) is 0 Å². The quantitative estimate of drug-likeness (QED) is 0.239. The Bertz CT molecular complexity index is 186. The number of rotatable bonds is 2. The minimum Gasteiger partial charge on any atom is -0.461 e. The smallest absolute Gasteiger partial charge is 0.411 e. The fourth-order valence-corrected chi connectivity index (χ4v) is 0.308. The molecule has 0 aliphatic heterocycles. The third kappa shape index (κ3) is 1.73. The van der Waals surface area contributed by atoms with Crippen LogP contribution in [0.1, 0.15) is 0 Å². The van der Waals surface area contributed by atoms with Crippen LogP contribution in [0.3, 0.4) is 0 Å². The van der Waals surface area contributed by atoms with Crippen molar-refractivity contribution in [1.82, 2.24) is 0 Å². The number of carbonyl (C=O) groups is 1. The number of hydrogen-bond donors (Lipinski definition) is 1. The van der Waals surface area contributed by atoms with Crippen molar-refractivity contribution in [3.63, 3.8) is 0 Å². The van der Waals surface area contributed by atoms with Crippen LogP contribution in [0.15, 0.2) is 11.9 Å². The maximum atomic E-state index is 10.4. The van der Waals surface area contributed by atoms with Gasteiger partial charge in [0.05, 0.1) is 18.2 Å². The van der Waals surface area contributed by atoms with Gasteiger partial charge in [-0.1, -0.05) is 0 Å². The lowest BCUT2D eigenvalue weighted by Gasteiger charge is -1.92. The standard InChI is InChI=1S/C4H6N2O4/c1-10-4(7)3(2-5)6(8)9/h2H,5H2,1H3/b3-2-. The highest BCUT2D eigenvalue weighted by Gasteiger charge is 2.20. The van der Waals surface area contributed by atoms with Gasteiger partial charge >= 0.3 is 11.7 Å². The molecule has 0 aromatic carbocycles. The largest absolute Gasteiger partial charge is 0.461 e. The van der Waals surface area contributed by atoms with Gasteiger partial charge in [0.1, 0.15) is 0 Å². The Morgan fingerprint density at radius 1 is 1.80 bits per heavy atom. The molecule has 2 N–H and O–H groups in total. The number of nitro groups is 1. The van der Waals surface area contributed by atoms with Crippen molar-refractivity contribution >= 4 is 5.97 Å². The van der Waals surface area contributed by atoms with E-state index in [1.165, 1.54) is 0 Å². The monoisotopic (exact) mass is 146 g/mol. The summed E-state index contributed by atoms with van der Waals surface area (Å²) in [6.45, 7) is 0. The van der Waals surface area contributed by atoms with Crippen molar-refractivity contribution in [3.8, 4) is 0 Å². The summed E-state index contributed by atoms with van der Waals surface area (Å²) in [5.74, 6) is -1.05. The Balaban J connectivity index is 4.39. The van der Waals surface area contributed by atoms with Crippen molar-refractivity contribution < 1.29 is 14.5 Å². The Labute approximate surface area is 56.4 Å². The third-order valence-corrected chi connectivity index (χ3v) is 0.749. The molecule has 0 unspecified atom stereocenters. The summed E-state index contributed by atoms with van der Waals surface area (Å²) in [4.78, 5) is 19.3. The Hall–Kier alpha value is -1.59. The zero-order chi connectivity index (χ0) is 8.15. The summed E-state index contributed by atoms with van der Waals surface area (Å²) < 4.78 is 4.04. The minimum atomic E-state index is -1.05. The molecule has 10 heavy (non-hydrogen) atoms. The van der Waals surface area contributed by atoms with Crippen LogP contribution < -0.4 is 5.73 Å². The molecule has 0 aliphatic rings. The van der Waals surface area contributed by atoms with E-state index in [4.69, 9.17) is 5.73 Å². The molecule has 6 nitrogen and oxygen atoms in total. The fourth-order valence-electron chi connectivity index (χ4n) is 0.308. The second kappa shape index (κ2) is 3.44. The normalized spacial score (nSPS) is 10.7. The summed E-state index contributed by atoms with van der Waals surface area (Å²) in [6.07, 6.45) is 0.589. The van der Waals surface area contributed by atoms with Crippen LogP contribution in [0.25, 0.3) is 0 Å². The molecule has 0 rings (SSSR count). The number of nitrogens with zero attached hydrogens (tertiary/aromatic N) is 1.